The molecule has 30 heavy (non-hydrogen) atoms. The zero-order chi connectivity index (χ0) is 21.7. The van der Waals surface area contributed by atoms with Crippen molar-refractivity contribution in [3.8, 4) is 0 Å². The zero-order valence-corrected chi connectivity index (χ0v) is 18.9. The first-order chi connectivity index (χ1) is 14.4. The number of aryl methyl sites for hydroxylation is 1. The van der Waals surface area contributed by atoms with Gasteiger partial charge in [-0.2, -0.15) is 4.31 Å². The SMILES string of the molecule is CCN(CC)S(=O)(=O)c1ccc(C)c(C(=O)N2CCN(Cc3ccccc3)CC2)c1. The summed E-state index contributed by atoms with van der Waals surface area (Å²) < 4.78 is 27.1. The highest BCUT2D eigenvalue weighted by Gasteiger charge is 2.27. The van der Waals surface area contributed by atoms with Crippen molar-refractivity contribution in [2.45, 2.75) is 32.2 Å². The number of carbonyl (C=O) groups excluding carboxylic acids is 1. The van der Waals surface area contributed by atoms with Crippen LogP contribution in [0.2, 0.25) is 0 Å². The maximum Gasteiger partial charge on any atom is 0.254 e. The zero-order valence-electron chi connectivity index (χ0n) is 18.0. The van der Waals surface area contributed by atoms with Crippen LogP contribution in [-0.4, -0.2) is 67.7 Å². The van der Waals surface area contributed by atoms with Crippen molar-refractivity contribution in [1.82, 2.24) is 14.1 Å². The summed E-state index contributed by atoms with van der Waals surface area (Å²) in [6, 6.07) is 15.2. The Kier molecular flexibility index (Phi) is 7.28. The lowest BCUT2D eigenvalue weighted by Crippen LogP contribution is -2.48. The third-order valence-electron chi connectivity index (χ3n) is 5.69. The van der Waals surface area contributed by atoms with E-state index in [1.165, 1.54) is 9.87 Å². The van der Waals surface area contributed by atoms with E-state index in [9.17, 15) is 13.2 Å². The van der Waals surface area contributed by atoms with E-state index in [0.717, 1.165) is 25.2 Å². The summed E-state index contributed by atoms with van der Waals surface area (Å²) in [5.41, 5.74) is 2.53. The van der Waals surface area contributed by atoms with Gasteiger partial charge in [0, 0.05) is 51.4 Å². The minimum atomic E-state index is -3.59. The molecule has 0 spiro atoms. The predicted molar refractivity (Wildman–Crippen MR) is 119 cm³/mol. The van der Waals surface area contributed by atoms with Crippen molar-refractivity contribution in [3.05, 3.63) is 65.2 Å². The van der Waals surface area contributed by atoms with Crippen molar-refractivity contribution >= 4 is 15.9 Å². The number of hydrogen-bond donors (Lipinski definition) is 0. The Morgan fingerprint density at radius 1 is 0.967 bits per heavy atom. The van der Waals surface area contributed by atoms with Gasteiger partial charge in [-0.25, -0.2) is 8.42 Å². The molecular formula is C23H31N3O3S. The number of piperazine rings is 1. The van der Waals surface area contributed by atoms with Gasteiger partial charge >= 0.3 is 0 Å². The smallest absolute Gasteiger partial charge is 0.254 e. The number of amides is 1. The molecule has 3 rings (SSSR count). The second kappa shape index (κ2) is 9.73. The average Bonchev–Trinajstić information content (AvgIpc) is 2.75. The van der Waals surface area contributed by atoms with E-state index in [1.807, 2.05) is 43.9 Å². The van der Waals surface area contributed by atoms with Gasteiger partial charge in [-0.15, -0.1) is 0 Å². The molecule has 1 aliphatic rings. The van der Waals surface area contributed by atoms with Crippen molar-refractivity contribution in [1.29, 1.82) is 0 Å². The van der Waals surface area contributed by atoms with Gasteiger partial charge in [0.1, 0.15) is 0 Å². The minimum absolute atomic E-state index is 0.0940. The maximum absolute atomic E-state index is 13.2. The summed E-state index contributed by atoms with van der Waals surface area (Å²) >= 11 is 0. The number of nitrogens with zero attached hydrogens (tertiary/aromatic N) is 3. The Bertz CT molecular complexity index is 964. The van der Waals surface area contributed by atoms with Crippen LogP contribution in [0.25, 0.3) is 0 Å². The summed E-state index contributed by atoms with van der Waals surface area (Å²) in [7, 11) is -3.59. The van der Waals surface area contributed by atoms with E-state index in [0.29, 0.717) is 31.7 Å². The van der Waals surface area contributed by atoms with Crippen LogP contribution < -0.4 is 0 Å². The molecule has 0 aromatic heterocycles. The first-order valence-electron chi connectivity index (χ1n) is 10.5. The molecule has 6 nitrogen and oxygen atoms in total. The molecular weight excluding hydrogens is 398 g/mol. The molecule has 0 unspecified atom stereocenters. The quantitative estimate of drug-likeness (QED) is 0.679. The fourth-order valence-electron chi connectivity index (χ4n) is 3.83. The molecule has 7 heteroatoms. The van der Waals surface area contributed by atoms with Crippen LogP contribution in [0.3, 0.4) is 0 Å². The number of hydrogen-bond acceptors (Lipinski definition) is 4. The fourth-order valence-corrected chi connectivity index (χ4v) is 5.31. The molecule has 1 aliphatic heterocycles. The standard InChI is InChI=1S/C23H31N3O3S/c1-4-26(5-2)30(28,29)21-12-11-19(3)22(17-21)23(27)25-15-13-24(14-16-25)18-20-9-7-6-8-10-20/h6-12,17H,4-5,13-16,18H2,1-3H3. The summed E-state index contributed by atoms with van der Waals surface area (Å²) in [5.74, 6) is -0.0940. The van der Waals surface area contributed by atoms with Crippen LogP contribution in [0.15, 0.2) is 53.4 Å². The molecule has 0 radical (unpaired) electrons. The Hall–Kier alpha value is -2.22. The maximum atomic E-state index is 13.2. The highest BCUT2D eigenvalue weighted by molar-refractivity contribution is 7.89. The highest BCUT2D eigenvalue weighted by Crippen LogP contribution is 2.21. The lowest BCUT2D eigenvalue weighted by atomic mass is 10.1. The molecule has 162 valence electrons. The van der Waals surface area contributed by atoms with Crippen LogP contribution in [0.4, 0.5) is 0 Å². The number of carbonyl (C=O) groups is 1. The Labute approximate surface area is 180 Å². The Morgan fingerprint density at radius 2 is 1.60 bits per heavy atom. The number of rotatable bonds is 7. The molecule has 0 atom stereocenters. The Balaban J connectivity index is 1.71. The van der Waals surface area contributed by atoms with E-state index in [-0.39, 0.29) is 10.8 Å². The highest BCUT2D eigenvalue weighted by atomic mass is 32.2. The van der Waals surface area contributed by atoms with Gasteiger partial charge in [0.15, 0.2) is 0 Å². The summed E-state index contributed by atoms with van der Waals surface area (Å²) in [5, 5.41) is 0. The predicted octanol–water partition coefficient (Wildman–Crippen LogP) is 2.98. The number of sulfonamides is 1. The van der Waals surface area contributed by atoms with Gasteiger partial charge in [0.2, 0.25) is 10.0 Å². The Morgan fingerprint density at radius 3 is 2.20 bits per heavy atom. The minimum Gasteiger partial charge on any atom is -0.336 e. The molecule has 1 heterocycles. The van der Waals surface area contributed by atoms with E-state index >= 15 is 0 Å². The van der Waals surface area contributed by atoms with Gasteiger partial charge in [-0.3, -0.25) is 9.69 Å². The van der Waals surface area contributed by atoms with Gasteiger partial charge in [0.25, 0.3) is 5.91 Å². The largest absolute Gasteiger partial charge is 0.336 e. The first-order valence-corrected chi connectivity index (χ1v) is 12.0. The fraction of sp³-hybridized carbons (Fsp3) is 0.435. The van der Waals surface area contributed by atoms with Gasteiger partial charge in [0.05, 0.1) is 4.90 Å². The second-order valence-electron chi connectivity index (χ2n) is 7.62. The summed E-state index contributed by atoms with van der Waals surface area (Å²) in [4.78, 5) is 17.5. The van der Waals surface area contributed by atoms with Crippen LogP contribution in [-0.2, 0) is 16.6 Å². The normalized spacial score (nSPS) is 15.5. The second-order valence-corrected chi connectivity index (χ2v) is 9.56. The van der Waals surface area contributed by atoms with E-state index < -0.39 is 10.0 Å². The first kappa shape index (κ1) is 22.5. The molecule has 1 fully saturated rings. The average molecular weight is 430 g/mol. The summed E-state index contributed by atoms with van der Waals surface area (Å²) in [6.45, 7) is 10.0. The number of benzene rings is 2. The monoisotopic (exact) mass is 429 g/mol. The van der Waals surface area contributed by atoms with Gasteiger partial charge in [-0.1, -0.05) is 50.2 Å². The van der Waals surface area contributed by atoms with E-state index in [1.54, 1.807) is 18.2 Å². The van der Waals surface area contributed by atoms with Crippen molar-refractivity contribution < 1.29 is 13.2 Å². The molecule has 0 bridgehead atoms. The van der Waals surface area contributed by atoms with Crippen LogP contribution >= 0.6 is 0 Å². The van der Waals surface area contributed by atoms with Gasteiger partial charge < -0.3 is 4.90 Å². The molecule has 2 aromatic rings. The molecule has 2 aromatic carbocycles. The molecule has 0 N–H and O–H groups in total. The molecule has 1 saturated heterocycles. The molecule has 0 saturated carbocycles. The van der Waals surface area contributed by atoms with Crippen molar-refractivity contribution in [2.75, 3.05) is 39.3 Å². The topological polar surface area (TPSA) is 60.9 Å². The lowest BCUT2D eigenvalue weighted by molar-refractivity contribution is 0.0627. The van der Waals surface area contributed by atoms with E-state index in [2.05, 4.69) is 17.0 Å². The van der Waals surface area contributed by atoms with Crippen LogP contribution in [0.5, 0.6) is 0 Å². The van der Waals surface area contributed by atoms with Crippen molar-refractivity contribution in [2.24, 2.45) is 0 Å². The third-order valence-corrected chi connectivity index (χ3v) is 7.74. The van der Waals surface area contributed by atoms with Gasteiger partial charge in [-0.05, 0) is 30.2 Å². The molecule has 1 amide bonds. The molecule has 0 aliphatic carbocycles. The van der Waals surface area contributed by atoms with Crippen LogP contribution in [0.1, 0.15) is 35.3 Å². The third kappa shape index (κ3) is 4.91. The summed E-state index contributed by atoms with van der Waals surface area (Å²) in [6.07, 6.45) is 0. The van der Waals surface area contributed by atoms with Crippen LogP contribution in [0, 0.1) is 6.92 Å². The van der Waals surface area contributed by atoms with E-state index in [4.69, 9.17) is 0 Å². The van der Waals surface area contributed by atoms with Crippen molar-refractivity contribution in [3.63, 3.8) is 0 Å². The lowest BCUT2D eigenvalue weighted by Gasteiger charge is -2.35.